The highest BCUT2D eigenvalue weighted by atomic mass is 19.4. The molecule has 0 fully saturated rings. The number of ether oxygens (including phenoxy) is 1. The monoisotopic (exact) mass is 219 g/mol. The lowest BCUT2D eigenvalue weighted by Gasteiger charge is -2.10. The average molecular weight is 219 g/mol. The van der Waals surface area contributed by atoms with Crippen LogP contribution in [-0.2, 0) is 11.0 Å². The van der Waals surface area contributed by atoms with Gasteiger partial charge in [0.2, 0.25) is 6.41 Å². The Kier molecular flexibility index (Phi) is 3.18. The molecule has 1 rings (SSSR count). The number of benzene rings is 1. The van der Waals surface area contributed by atoms with Crippen LogP contribution in [0.15, 0.2) is 18.2 Å². The van der Waals surface area contributed by atoms with Crippen molar-refractivity contribution in [2.24, 2.45) is 0 Å². The third-order valence-electron chi connectivity index (χ3n) is 1.70. The van der Waals surface area contributed by atoms with E-state index in [9.17, 15) is 18.0 Å². The van der Waals surface area contributed by atoms with E-state index in [2.05, 4.69) is 10.1 Å². The van der Waals surface area contributed by atoms with E-state index in [0.29, 0.717) is 6.41 Å². The van der Waals surface area contributed by atoms with Crippen molar-refractivity contribution in [1.82, 2.24) is 0 Å². The number of alkyl halides is 3. The molecule has 0 unspecified atom stereocenters. The smallest absolute Gasteiger partial charge is 0.416 e. The largest absolute Gasteiger partial charge is 0.497 e. The minimum Gasteiger partial charge on any atom is -0.497 e. The van der Waals surface area contributed by atoms with E-state index < -0.39 is 11.7 Å². The van der Waals surface area contributed by atoms with Gasteiger partial charge in [-0.15, -0.1) is 0 Å². The number of methoxy groups -OCH3 is 1. The van der Waals surface area contributed by atoms with Gasteiger partial charge in [-0.25, -0.2) is 0 Å². The summed E-state index contributed by atoms with van der Waals surface area (Å²) in [6.07, 6.45) is -4.16. The molecule has 0 aliphatic heterocycles. The zero-order valence-electron chi connectivity index (χ0n) is 7.76. The number of anilines is 1. The maximum absolute atomic E-state index is 12.4. The summed E-state index contributed by atoms with van der Waals surface area (Å²) >= 11 is 0. The molecule has 1 aromatic rings. The van der Waals surface area contributed by atoms with Crippen LogP contribution in [0.25, 0.3) is 0 Å². The Bertz CT molecular complexity index is 363. The molecule has 0 spiro atoms. The Morgan fingerprint density at radius 1 is 1.33 bits per heavy atom. The summed E-state index contributed by atoms with van der Waals surface area (Å²) in [6.45, 7) is 0. The van der Waals surface area contributed by atoms with Gasteiger partial charge in [0.05, 0.1) is 12.7 Å². The highest BCUT2D eigenvalue weighted by Crippen LogP contribution is 2.33. The lowest BCUT2D eigenvalue weighted by atomic mass is 10.2. The Morgan fingerprint density at radius 3 is 2.47 bits per heavy atom. The molecule has 0 saturated heterocycles. The molecule has 1 amide bonds. The number of hydrogen-bond acceptors (Lipinski definition) is 2. The summed E-state index contributed by atoms with van der Waals surface area (Å²) in [7, 11) is 1.25. The fraction of sp³-hybridized carbons (Fsp3) is 0.222. The van der Waals surface area contributed by atoms with Crippen molar-refractivity contribution in [3.05, 3.63) is 23.8 Å². The van der Waals surface area contributed by atoms with E-state index in [1.54, 1.807) is 0 Å². The van der Waals surface area contributed by atoms with Gasteiger partial charge in [0.1, 0.15) is 5.75 Å². The van der Waals surface area contributed by atoms with Gasteiger partial charge in [0.15, 0.2) is 0 Å². The first kappa shape index (κ1) is 11.4. The highest BCUT2D eigenvalue weighted by Gasteiger charge is 2.31. The Hall–Kier alpha value is -1.72. The molecule has 82 valence electrons. The molecule has 15 heavy (non-hydrogen) atoms. The molecule has 3 nitrogen and oxygen atoms in total. The standard InChI is InChI=1S/C9H8F3NO2/c1-15-8-3-6(9(10,11)12)2-7(4-8)13-5-14/h2-5H,1H3,(H,13,14). The van der Waals surface area contributed by atoms with Crippen molar-refractivity contribution >= 4 is 12.1 Å². The number of amides is 1. The third kappa shape index (κ3) is 2.87. The van der Waals surface area contributed by atoms with Crippen LogP contribution in [0.4, 0.5) is 18.9 Å². The van der Waals surface area contributed by atoms with Crippen LogP contribution in [0.1, 0.15) is 5.56 Å². The van der Waals surface area contributed by atoms with Crippen LogP contribution >= 0.6 is 0 Å². The second-order valence-electron chi connectivity index (χ2n) is 2.71. The van der Waals surface area contributed by atoms with E-state index in [1.807, 2.05) is 0 Å². The SMILES string of the molecule is COc1cc(NC=O)cc(C(F)(F)F)c1. The van der Waals surface area contributed by atoms with E-state index in [0.717, 1.165) is 12.1 Å². The van der Waals surface area contributed by atoms with Gasteiger partial charge in [-0.2, -0.15) is 13.2 Å². The van der Waals surface area contributed by atoms with Gasteiger partial charge in [-0.1, -0.05) is 0 Å². The van der Waals surface area contributed by atoms with Crippen LogP contribution in [-0.4, -0.2) is 13.5 Å². The van der Waals surface area contributed by atoms with E-state index >= 15 is 0 Å². The summed E-state index contributed by atoms with van der Waals surface area (Å²) in [5.41, 5.74) is -0.831. The molecule has 0 aliphatic carbocycles. The first-order valence-corrected chi connectivity index (χ1v) is 3.94. The van der Waals surface area contributed by atoms with Crippen molar-refractivity contribution in [2.45, 2.75) is 6.18 Å². The maximum Gasteiger partial charge on any atom is 0.416 e. The van der Waals surface area contributed by atoms with Crippen molar-refractivity contribution < 1.29 is 22.7 Å². The fourth-order valence-corrected chi connectivity index (χ4v) is 1.03. The van der Waals surface area contributed by atoms with Crippen LogP contribution in [0, 0.1) is 0 Å². The normalized spacial score (nSPS) is 10.9. The summed E-state index contributed by atoms with van der Waals surface area (Å²) in [5.74, 6) is 0.0363. The Labute approximate surface area is 83.8 Å². The highest BCUT2D eigenvalue weighted by molar-refractivity contribution is 5.72. The second-order valence-corrected chi connectivity index (χ2v) is 2.71. The lowest BCUT2D eigenvalue weighted by molar-refractivity contribution is -0.137. The van der Waals surface area contributed by atoms with Gasteiger partial charge < -0.3 is 10.1 Å². The quantitative estimate of drug-likeness (QED) is 0.792. The molecule has 1 N–H and O–H groups in total. The van der Waals surface area contributed by atoms with Crippen molar-refractivity contribution in [2.75, 3.05) is 12.4 Å². The fourth-order valence-electron chi connectivity index (χ4n) is 1.03. The van der Waals surface area contributed by atoms with E-state index in [-0.39, 0.29) is 11.4 Å². The van der Waals surface area contributed by atoms with Crippen LogP contribution < -0.4 is 10.1 Å². The number of carbonyl (C=O) groups excluding carboxylic acids is 1. The minimum absolute atomic E-state index is 0.0363. The van der Waals surface area contributed by atoms with Gasteiger partial charge in [-0.3, -0.25) is 4.79 Å². The molecular formula is C9H8F3NO2. The van der Waals surface area contributed by atoms with E-state index in [4.69, 9.17) is 0 Å². The molecule has 0 aromatic heterocycles. The predicted octanol–water partition coefficient (Wildman–Crippen LogP) is 2.28. The molecule has 6 heteroatoms. The number of halogens is 3. The minimum atomic E-state index is -4.46. The van der Waals surface area contributed by atoms with Crippen LogP contribution in [0.5, 0.6) is 5.75 Å². The van der Waals surface area contributed by atoms with Crippen molar-refractivity contribution in [3.8, 4) is 5.75 Å². The molecular weight excluding hydrogens is 211 g/mol. The molecule has 0 saturated carbocycles. The average Bonchev–Trinajstić information content (AvgIpc) is 2.16. The van der Waals surface area contributed by atoms with Crippen molar-refractivity contribution in [3.63, 3.8) is 0 Å². The maximum atomic E-state index is 12.4. The topological polar surface area (TPSA) is 38.3 Å². The summed E-state index contributed by atoms with van der Waals surface area (Å²) in [4.78, 5) is 10.1. The summed E-state index contributed by atoms with van der Waals surface area (Å²) in [6, 6.07) is 2.98. The predicted molar refractivity (Wildman–Crippen MR) is 47.7 cm³/mol. The molecule has 0 aliphatic rings. The second kappa shape index (κ2) is 4.20. The lowest BCUT2D eigenvalue weighted by Crippen LogP contribution is -2.06. The zero-order valence-corrected chi connectivity index (χ0v) is 7.76. The summed E-state index contributed by atoms with van der Waals surface area (Å²) < 4.78 is 41.7. The van der Waals surface area contributed by atoms with Crippen molar-refractivity contribution in [1.29, 1.82) is 0 Å². The Morgan fingerprint density at radius 2 is 2.00 bits per heavy atom. The van der Waals surface area contributed by atoms with Gasteiger partial charge in [0, 0.05) is 11.8 Å². The number of carbonyl (C=O) groups is 1. The van der Waals surface area contributed by atoms with Crippen LogP contribution in [0.3, 0.4) is 0 Å². The Balaban J connectivity index is 3.17. The molecule has 0 radical (unpaired) electrons. The molecule has 0 heterocycles. The van der Waals surface area contributed by atoms with Gasteiger partial charge >= 0.3 is 6.18 Å². The molecule has 1 aromatic carbocycles. The van der Waals surface area contributed by atoms with Gasteiger partial charge in [-0.05, 0) is 12.1 Å². The number of hydrogen-bond donors (Lipinski definition) is 1. The molecule has 0 atom stereocenters. The first-order valence-electron chi connectivity index (χ1n) is 3.94. The summed E-state index contributed by atoms with van der Waals surface area (Å²) in [5, 5.41) is 2.13. The number of nitrogens with one attached hydrogen (secondary N) is 1. The van der Waals surface area contributed by atoms with E-state index in [1.165, 1.54) is 13.2 Å². The third-order valence-corrected chi connectivity index (χ3v) is 1.70. The molecule has 0 bridgehead atoms. The van der Waals surface area contributed by atoms with Gasteiger partial charge in [0.25, 0.3) is 0 Å². The number of rotatable bonds is 3. The first-order chi connectivity index (χ1) is 6.97. The zero-order chi connectivity index (χ0) is 11.5. The van der Waals surface area contributed by atoms with Crippen LogP contribution in [0.2, 0.25) is 0 Å².